The van der Waals surface area contributed by atoms with Crippen molar-refractivity contribution < 1.29 is 0 Å². The number of allylic oxidation sites excluding steroid dienone is 2. The Bertz CT molecular complexity index is 165. The molecule has 0 nitrogen and oxygen atoms in total. The molecular weight excluding hydrogens is 208 g/mol. The topological polar surface area (TPSA) is 0 Å². The van der Waals surface area contributed by atoms with Gasteiger partial charge in [0.25, 0.3) is 0 Å². The van der Waals surface area contributed by atoms with Crippen molar-refractivity contribution in [3.8, 4) is 0 Å². The summed E-state index contributed by atoms with van der Waals surface area (Å²) in [7, 11) is -0.834. The third kappa shape index (κ3) is 14.0. The lowest BCUT2D eigenvalue weighted by Crippen LogP contribution is -2.17. The van der Waals surface area contributed by atoms with Crippen LogP contribution in [-0.4, -0.2) is 8.07 Å². The first-order valence-electron chi connectivity index (χ1n) is 7.21. The lowest BCUT2D eigenvalue weighted by atomic mass is 10.1. The van der Waals surface area contributed by atoms with Gasteiger partial charge in [0.15, 0.2) is 0 Å². The molecule has 96 valence electrons. The van der Waals surface area contributed by atoms with Crippen LogP contribution in [0.3, 0.4) is 0 Å². The molecule has 0 rings (SSSR count). The molecule has 0 aromatic rings. The van der Waals surface area contributed by atoms with Crippen LogP contribution in [0.2, 0.25) is 25.7 Å². The monoisotopic (exact) mass is 240 g/mol. The first-order valence-corrected chi connectivity index (χ1v) is 10.9. The summed E-state index contributed by atoms with van der Waals surface area (Å²) in [6.07, 6.45) is 16.1. The van der Waals surface area contributed by atoms with Crippen LogP contribution in [0.5, 0.6) is 0 Å². The van der Waals surface area contributed by atoms with E-state index in [1.807, 2.05) is 0 Å². The molecule has 0 aromatic heterocycles. The van der Waals surface area contributed by atoms with Gasteiger partial charge in [-0.2, -0.15) is 0 Å². The SMILES string of the molecule is CCCCCCCCC/C=C\C[Si](C)(C)C. The van der Waals surface area contributed by atoms with Gasteiger partial charge in [-0.05, 0) is 18.9 Å². The Labute approximate surface area is 105 Å². The van der Waals surface area contributed by atoms with E-state index in [-0.39, 0.29) is 0 Å². The molecular formula is C15H32Si. The third-order valence-corrected chi connectivity index (χ3v) is 4.33. The summed E-state index contributed by atoms with van der Waals surface area (Å²) >= 11 is 0. The number of hydrogen-bond acceptors (Lipinski definition) is 0. The standard InChI is InChI=1S/C15H32Si/c1-5-6-7-8-9-10-11-12-13-14-15-16(2,3)4/h13-14H,5-12,15H2,1-4H3/b14-13-. The molecule has 0 amide bonds. The van der Waals surface area contributed by atoms with Crippen LogP contribution in [0, 0.1) is 0 Å². The van der Waals surface area contributed by atoms with E-state index in [2.05, 4.69) is 38.7 Å². The largest absolute Gasteiger partial charge is 0.0912 e. The Morgan fingerprint density at radius 3 is 1.88 bits per heavy atom. The predicted molar refractivity (Wildman–Crippen MR) is 79.9 cm³/mol. The highest BCUT2D eigenvalue weighted by atomic mass is 28.3. The number of rotatable bonds is 10. The average Bonchev–Trinajstić information content (AvgIpc) is 2.19. The van der Waals surface area contributed by atoms with Gasteiger partial charge in [-0.25, -0.2) is 0 Å². The van der Waals surface area contributed by atoms with E-state index in [9.17, 15) is 0 Å². The summed E-state index contributed by atoms with van der Waals surface area (Å²) in [6, 6.07) is 1.35. The minimum absolute atomic E-state index is 0.834. The zero-order valence-electron chi connectivity index (χ0n) is 12.0. The Morgan fingerprint density at radius 2 is 1.31 bits per heavy atom. The average molecular weight is 241 g/mol. The molecule has 0 spiro atoms. The van der Waals surface area contributed by atoms with Gasteiger partial charge in [-0.3, -0.25) is 0 Å². The maximum Gasteiger partial charge on any atom is 0.0480 e. The second kappa shape index (κ2) is 10.1. The van der Waals surface area contributed by atoms with Crippen molar-refractivity contribution in [1.82, 2.24) is 0 Å². The highest BCUT2D eigenvalue weighted by Gasteiger charge is 2.08. The molecule has 0 saturated carbocycles. The third-order valence-electron chi connectivity index (χ3n) is 2.87. The molecule has 0 aliphatic carbocycles. The van der Waals surface area contributed by atoms with Crippen molar-refractivity contribution >= 4 is 8.07 Å². The van der Waals surface area contributed by atoms with Crippen LogP contribution < -0.4 is 0 Å². The van der Waals surface area contributed by atoms with Crippen molar-refractivity contribution in [3.63, 3.8) is 0 Å². The smallest absolute Gasteiger partial charge is 0.0480 e. The highest BCUT2D eigenvalue weighted by Crippen LogP contribution is 2.11. The summed E-state index contributed by atoms with van der Waals surface area (Å²) < 4.78 is 0. The van der Waals surface area contributed by atoms with Gasteiger partial charge >= 0.3 is 0 Å². The first-order chi connectivity index (χ1) is 7.56. The maximum absolute atomic E-state index is 2.44. The minimum Gasteiger partial charge on any atom is -0.0912 e. The van der Waals surface area contributed by atoms with Gasteiger partial charge in [0.05, 0.1) is 0 Å². The van der Waals surface area contributed by atoms with Crippen molar-refractivity contribution in [1.29, 1.82) is 0 Å². The summed E-state index contributed by atoms with van der Waals surface area (Å²) in [5, 5.41) is 0. The van der Waals surface area contributed by atoms with Crippen LogP contribution >= 0.6 is 0 Å². The lowest BCUT2D eigenvalue weighted by molar-refractivity contribution is 0.592. The quantitative estimate of drug-likeness (QED) is 0.249. The molecule has 0 aliphatic rings. The molecule has 1 heteroatoms. The number of hydrogen-bond donors (Lipinski definition) is 0. The summed E-state index contributed by atoms with van der Waals surface area (Å²) in [4.78, 5) is 0. The van der Waals surface area contributed by atoms with Crippen molar-refractivity contribution in [2.45, 2.75) is 84.0 Å². The molecule has 0 heterocycles. The van der Waals surface area contributed by atoms with Crippen molar-refractivity contribution in [2.75, 3.05) is 0 Å². The molecule has 0 aromatic carbocycles. The van der Waals surface area contributed by atoms with E-state index in [1.54, 1.807) is 0 Å². The zero-order chi connectivity index (χ0) is 12.3. The molecule has 0 saturated heterocycles. The Balaban J connectivity index is 3.15. The molecule has 0 bridgehead atoms. The Morgan fingerprint density at radius 1 is 0.750 bits per heavy atom. The van der Waals surface area contributed by atoms with Crippen molar-refractivity contribution in [2.24, 2.45) is 0 Å². The second-order valence-corrected chi connectivity index (χ2v) is 11.7. The molecule has 16 heavy (non-hydrogen) atoms. The zero-order valence-corrected chi connectivity index (χ0v) is 13.0. The summed E-state index contributed by atoms with van der Waals surface area (Å²) in [5.74, 6) is 0. The van der Waals surface area contributed by atoms with Crippen molar-refractivity contribution in [3.05, 3.63) is 12.2 Å². The van der Waals surface area contributed by atoms with Crippen LogP contribution in [0.1, 0.15) is 58.3 Å². The van der Waals surface area contributed by atoms with E-state index in [0.717, 1.165) is 0 Å². The molecule has 0 unspecified atom stereocenters. The van der Waals surface area contributed by atoms with Crippen LogP contribution in [-0.2, 0) is 0 Å². The van der Waals surface area contributed by atoms with E-state index in [0.29, 0.717) is 0 Å². The highest BCUT2D eigenvalue weighted by molar-refractivity contribution is 6.76. The van der Waals surface area contributed by atoms with E-state index in [1.165, 1.54) is 57.4 Å². The van der Waals surface area contributed by atoms with Gasteiger partial charge in [-0.1, -0.05) is 77.2 Å². The van der Waals surface area contributed by atoms with Gasteiger partial charge in [0.1, 0.15) is 0 Å². The fourth-order valence-electron chi connectivity index (χ4n) is 1.77. The van der Waals surface area contributed by atoms with E-state index < -0.39 is 8.07 Å². The van der Waals surface area contributed by atoms with Gasteiger partial charge in [-0.15, -0.1) is 0 Å². The van der Waals surface area contributed by atoms with E-state index in [4.69, 9.17) is 0 Å². The van der Waals surface area contributed by atoms with Gasteiger partial charge < -0.3 is 0 Å². The predicted octanol–water partition coefficient (Wildman–Crippen LogP) is 6.02. The minimum atomic E-state index is -0.834. The van der Waals surface area contributed by atoms with Crippen LogP contribution in [0.25, 0.3) is 0 Å². The molecule has 0 N–H and O–H groups in total. The molecule has 0 atom stereocenters. The summed E-state index contributed by atoms with van der Waals surface area (Å²) in [6.45, 7) is 9.59. The number of unbranched alkanes of at least 4 members (excludes halogenated alkanes) is 7. The maximum atomic E-state index is 2.44. The molecule has 0 fully saturated rings. The first kappa shape index (κ1) is 16.0. The van der Waals surface area contributed by atoms with Crippen LogP contribution in [0.15, 0.2) is 12.2 Å². The normalized spacial score (nSPS) is 12.5. The van der Waals surface area contributed by atoms with Gasteiger partial charge in [0, 0.05) is 8.07 Å². The summed E-state index contributed by atoms with van der Waals surface area (Å²) in [5.41, 5.74) is 0. The second-order valence-electron chi connectivity index (χ2n) is 6.15. The fraction of sp³-hybridized carbons (Fsp3) is 0.867. The molecule has 0 radical (unpaired) electrons. The molecule has 0 aliphatic heterocycles. The Hall–Kier alpha value is -0.0431. The fourth-order valence-corrected chi connectivity index (χ4v) is 2.65. The van der Waals surface area contributed by atoms with Gasteiger partial charge in [0.2, 0.25) is 0 Å². The lowest BCUT2D eigenvalue weighted by Gasteiger charge is -2.11. The Kier molecular flexibility index (Phi) is 10.1. The van der Waals surface area contributed by atoms with Crippen LogP contribution in [0.4, 0.5) is 0 Å². The van der Waals surface area contributed by atoms with E-state index >= 15 is 0 Å².